The summed E-state index contributed by atoms with van der Waals surface area (Å²) in [6.07, 6.45) is 4.37. The van der Waals surface area contributed by atoms with Crippen LogP contribution in [0.3, 0.4) is 0 Å². The van der Waals surface area contributed by atoms with Crippen LogP contribution in [0.4, 0.5) is 0 Å². The lowest BCUT2D eigenvalue weighted by atomic mass is 10.1. The van der Waals surface area contributed by atoms with Crippen molar-refractivity contribution in [3.05, 3.63) is 34.3 Å². The molecule has 1 aliphatic heterocycles. The highest BCUT2D eigenvalue weighted by Gasteiger charge is 2.28. The summed E-state index contributed by atoms with van der Waals surface area (Å²) in [6.45, 7) is 3.82. The highest BCUT2D eigenvalue weighted by atomic mass is 35.5. The first-order valence-electron chi connectivity index (χ1n) is 7.48. The zero-order valence-electron chi connectivity index (χ0n) is 11.9. The van der Waals surface area contributed by atoms with Crippen LogP contribution in [0, 0.1) is 0 Å². The molecule has 1 saturated heterocycles. The quantitative estimate of drug-likeness (QED) is 0.929. The number of nitrogens with one attached hydrogen (secondary N) is 1. The maximum atomic E-state index is 12.3. The Hall–Kier alpha value is -1.06. The molecule has 3 rings (SSSR count). The van der Waals surface area contributed by atoms with Gasteiger partial charge in [-0.05, 0) is 55.9 Å². The van der Waals surface area contributed by atoms with E-state index in [1.54, 1.807) is 0 Å². The zero-order chi connectivity index (χ0) is 14.1. The second kappa shape index (κ2) is 5.74. The first-order chi connectivity index (χ1) is 9.65. The van der Waals surface area contributed by atoms with Gasteiger partial charge in [0.25, 0.3) is 0 Å². The molecular formula is C16H21ClN2O. The van der Waals surface area contributed by atoms with E-state index in [4.69, 9.17) is 11.6 Å². The molecule has 20 heavy (non-hydrogen) atoms. The first-order valence-corrected chi connectivity index (χ1v) is 7.86. The van der Waals surface area contributed by atoms with Crippen molar-refractivity contribution in [1.29, 1.82) is 0 Å². The fourth-order valence-electron chi connectivity index (χ4n) is 3.34. The second-order valence-electron chi connectivity index (χ2n) is 5.86. The van der Waals surface area contributed by atoms with E-state index in [0.717, 1.165) is 43.8 Å². The number of carbonyl (C=O) groups excluding carboxylic acids is 1. The smallest absolute Gasteiger partial charge is 0.239 e. The van der Waals surface area contributed by atoms with E-state index in [2.05, 4.69) is 11.4 Å². The van der Waals surface area contributed by atoms with Gasteiger partial charge in [0.15, 0.2) is 0 Å². The van der Waals surface area contributed by atoms with Crippen LogP contribution < -0.4 is 5.32 Å². The van der Waals surface area contributed by atoms with E-state index < -0.39 is 0 Å². The van der Waals surface area contributed by atoms with Crippen LogP contribution in [0.2, 0.25) is 5.02 Å². The number of amides is 1. The number of hydrogen-bond donors (Lipinski definition) is 1. The molecule has 2 atom stereocenters. The van der Waals surface area contributed by atoms with Gasteiger partial charge in [0.1, 0.15) is 0 Å². The number of benzene rings is 1. The van der Waals surface area contributed by atoms with Gasteiger partial charge in [0, 0.05) is 24.2 Å². The molecule has 0 aromatic heterocycles. The maximum Gasteiger partial charge on any atom is 0.239 e. The molecule has 1 aliphatic carbocycles. The topological polar surface area (TPSA) is 32.3 Å². The molecule has 4 heteroatoms. The molecule has 1 fully saturated rings. The number of fused-ring (bicyclic) bond motifs is 1. The summed E-state index contributed by atoms with van der Waals surface area (Å²) in [5, 5.41) is 4.29. The number of halogens is 1. The van der Waals surface area contributed by atoms with Crippen molar-refractivity contribution in [1.82, 2.24) is 10.2 Å². The van der Waals surface area contributed by atoms with Crippen LogP contribution in [0.25, 0.3) is 0 Å². The van der Waals surface area contributed by atoms with Crippen molar-refractivity contribution >= 4 is 17.5 Å². The van der Waals surface area contributed by atoms with Gasteiger partial charge in [0.2, 0.25) is 5.91 Å². The molecule has 1 aromatic rings. The van der Waals surface area contributed by atoms with Crippen LogP contribution in [0.5, 0.6) is 0 Å². The fourth-order valence-corrected chi connectivity index (χ4v) is 3.54. The number of nitrogens with zero attached hydrogens (tertiary/aromatic N) is 1. The second-order valence-corrected chi connectivity index (χ2v) is 6.29. The number of likely N-dealkylation sites (tertiary alicyclic amines) is 1. The Morgan fingerprint density at radius 3 is 2.90 bits per heavy atom. The van der Waals surface area contributed by atoms with Crippen molar-refractivity contribution < 1.29 is 4.79 Å². The summed E-state index contributed by atoms with van der Waals surface area (Å²) in [6, 6.07) is 6.25. The SMILES string of the molecule is CC(NC1CCc2cc(Cl)ccc21)C(=O)N1CCCC1. The average Bonchev–Trinajstić information content (AvgIpc) is 3.07. The fraction of sp³-hybridized carbons (Fsp3) is 0.562. The summed E-state index contributed by atoms with van der Waals surface area (Å²) in [5.74, 6) is 0.241. The lowest BCUT2D eigenvalue weighted by Crippen LogP contribution is -2.44. The lowest BCUT2D eigenvalue weighted by Gasteiger charge is -2.24. The first kappa shape index (κ1) is 13.9. The molecular weight excluding hydrogens is 272 g/mol. The van der Waals surface area contributed by atoms with E-state index in [-0.39, 0.29) is 18.0 Å². The molecule has 0 bridgehead atoms. The Labute approximate surface area is 125 Å². The minimum Gasteiger partial charge on any atom is -0.341 e. The maximum absolute atomic E-state index is 12.3. The number of carbonyl (C=O) groups is 1. The Balaban J connectivity index is 1.66. The molecule has 0 radical (unpaired) electrons. The van der Waals surface area contributed by atoms with E-state index in [1.807, 2.05) is 24.0 Å². The molecule has 0 spiro atoms. The number of aryl methyl sites for hydroxylation is 1. The normalized spacial score (nSPS) is 22.9. The molecule has 1 heterocycles. The van der Waals surface area contributed by atoms with Crippen LogP contribution in [-0.2, 0) is 11.2 Å². The molecule has 2 aliphatic rings. The Morgan fingerprint density at radius 2 is 2.15 bits per heavy atom. The third kappa shape index (κ3) is 2.70. The highest BCUT2D eigenvalue weighted by Crippen LogP contribution is 2.33. The number of rotatable bonds is 3. The zero-order valence-corrected chi connectivity index (χ0v) is 12.6. The molecule has 2 unspecified atom stereocenters. The summed E-state index contributed by atoms with van der Waals surface area (Å²) in [7, 11) is 0. The van der Waals surface area contributed by atoms with Crippen LogP contribution in [0.15, 0.2) is 18.2 Å². The van der Waals surface area contributed by atoms with E-state index in [1.165, 1.54) is 11.1 Å². The van der Waals surface area contributed by atoms with Crippen molar-refractivity contribution in [3.8, 4) is 0 Å². The lowest BCUT2D eigenvalue weighted by molar-refractivity contribution is -0.132. The summed E-state index contributed by atoms with van der Waals surface area (Å²) in [5.41, 5.74) is 2.62. The van der Waals surface area contributed by atoms with Gasteiger partial charge in [-0.3, -0.25) is 10.1 Å². The minimum atomic E-state index is -0.111. The van der Waals surface area contributed by atoms with Gasteiger partial charge in [-0.2, -0.15) is 0 Å². The van der Waals surface area contributed by atoms with Gasteiger partial charge in [-0.15, -0.1) is 0 Å². The largest absolute Gasteiger partial charge is 0.341 e. The average molecular weight is 293 g/mol. The molecule has 1 N–H and O–H groups in total. The van der Waals surface area contributed by atoms with Crippen molar-refractivity contribution in [2.75, 3.05) is 13.1 Å². The van der Waals surface area contributed by atoms with Crippen LogP contribution in [0.1, 0.15) is 43.4 Å². The van der Waals surface area contributed by atoms with E-state index >= 15 is 0 Å². The van der Waals surface area contributed by atoms with E-state index in [0.29, 0.717) is 0 Å². The molecule has 1 amide bonds. The van der Waals surface area contributed by atoms with Crippen molar-refractivity contribution in [2.45, 2.75) is 44.7 Å². The molecule has 0 saturated carbocycles. The van der Waals surface area contributed by atoms with Gasteiger partial charge in [-0.25, -0.2) is 0 Å². The third-order valence-corrected chi connectivity index (χ3v) is 4.66. The predicted octanol–water partition coefficient (Wildman–Crippen LogP) is 2.93. The minimum absolute atomic E-state index is 0.111. The van der Waals surface area contributed by atoms with Crippen molar-refractivity contribution in [3.63, 3.8) is 0 Å². The van der Waals surface area contributed by atoms with Gasteiger partial charge < -0.3 is 4.90 Å². The summed E-state index contributed by atoms with van der Waals surface area (Å²) in [4.78, 5) is 14.3. The summed E-state index contributed by atoms with van der Waals surface area (Å²) >= 11 is 6.03. The van der Waals surface area contributed by atoms with Gasteiger partial charge >= 0.3 is 0 Å². The third-order valence-electron chi connectivity index (χ3n) is 4.42. The predicted molar refractivity (Wildman–Crippen MR) is 80.9 cm³/mol. The molecule has 1 aromatic carbocycles. The standard InChI is InChI=1S/C16H21ClN2O/c1-11(16(20)19-8-2-3-9-19)18-15-7-4-12-10-13(17)5-6-14(12)15/h5-6,10-11,15,18H,2-4,7-9H2,1H3. The van der Waals surface area contributed by atoms with Gasteiger partial charge in [-0.1, -0.05) is 17.7 Å². The number of hydrogen-bond acceptors (Lipinski definition) is 2. The van der Waals surface area contributed by atoms with E-state index in [9.17, 15) is 4.79 Å². The Bertz CT molecular complexity index is 511. The Kier molecular flexibility index (Phi) is 3.99. The van der Waals surface area contributed by atoms with Crippen molar-refractivity contribution in [2.24, 2.45) is 0 Å². The summed E-state index contributed by atoms with van der Waals surface area (Å²) < 4.78 is 0. The van der Waals surface area contributed by atoms with Gasteiger partial charge in [0.05, 0.1) is 6.04 Å². The molecule has 3 nitrogen and oxygen atoms in total. The van der Waals surface area contributed by atoms with Crippen LogP contribution >= 0.6 is 11.6 Å². The Morgan fingerprint density at radius 1 is 1.40 bits per heavy atom. The molecule has 108 valence electrons. The monoisotopic (exact) mass is 292 g/mol. The van der Waals surface area contributed by atoms with Crippen LogP contribution in [-0.4, -0.2) is 29.9 Å². The highest BCUT2D eigenvalue weighted by molar-refractivity contribution is 6.30.